The van der Waals surface area contributed by atoms with E-state index in [1.807, 2.05) is 68.4 Å². The molecule has 0 bridgehead atoms. The van der Waals surface area contributed by atoms with E-state index in [-0.39, 0.29) is 18.0 Å². The maximum atomic E-state index is 12.5. The van der Waals surface area contributed by atoms with E-state index in [2.05, 4.69) is 28.1 Å². The summed E-state index contributed by atoms with van der Waals surface area (Å²) in [6.45, 7) is 3.88. The zero-order chi connectivity index (χ0) is 21.3. The van der Waals surface area contributed by atoms with E-state index in [0.29, 0.717) is 11.3 Å². The summed E-state index contributed by atoms with van der Waals surface area (Å²) in [4.78, 5) is 25.0. The highest BCUT2D eigenvalue weighted by Crippen LogP contribution is 2.18. The predicted octanol–water partition coefficient (Wildman–Crippen LogP) is 5.39. The first-order chi connectivity index (χ1) is 14.5. The summed E-state index contributed by atoms with van der Waals surface area (Å²) < 4.78 is 0. The Hall–Kier alpha value is -3.60. The van der Waals surface area contributed by atoms with Gasteiger partial charge in [-0.25, -0.2) is 4.79 Å². The highest BCUT2D eigenvalue weighted by molar-refractivity contribution is 6.05. The Bertz CT molecular complexity index is 988. The molecular formula is C25H27N3O2. The number of rotatable bonds is 7. The summed E-state index contributed by atoms with van der Waals surface area (Å²) in [5, 5.41) is 8.69. The van der Waals surface area contributed by atoms with Gasteiger partial charge in [0.05, 0.1) is 0 Å². The number of aryl methyl sites for hydroxylation is 2. The molecule has 0 aliphatic carbocycles. The molecule has 0 saturated heterocycles. The monoisotopic (exact) mass is 401 g/mol. The second-order valence-corrected chi connectivity index (χ2v) is 7.37. The predicted molar refractivity (Wildman–Crippen MR) is 122 cm³/mol. The summed E-state index contributed by atoms with van der Waals surface area (Å²) in [7, 11) is 0. The van der Waals surface area contributed by atoms with Crippen LogP contribution in [-0.2, 0) is 6.42 Å². The van der Waals surface area contributed by atoms with Gasteiger partial charge in [0, 0.05) is 23.0 Å². The van der Waals surface area contributed by atoms with Crippen molar-refractivity contribution in [2.24, 2.45) is 0 Å². The SMILES string of the molecule is Cc1ccc(C(=O)Nc2ccccc2)cc1NC(=O)NC(C)CCc1ccccc1. The van der Waals surface area contributed by atoms with Crippen molar-refractivity contribution in [2.75, 3.05) is 10.6 Å². The Morgan fingerprint density at radius 3 is 2.23 bits per heavy atom. The Kier molecular flexibility index (Phi) is 7.22. The van der Waals surface area contributed by atoms with Gasteiger partial charge < -0.3 is 16.0 Å². The molecule has 3 aromatic rings. The highest BCUT2D eigenvalue weighted by atomic mass is 16.2. The van der Waals surface area contributed by atoms with E-state index in [4.69, 9.17) is 0 Å². The van der Waals surface area contributed by atoms with E-state index >= 15 is 0 Å². The number of benzene rings is 3. The van der Waals surface area contributed by atoms with Crippen LogP contribution in [0.4, 0.5) is 16.2 Å². The zero-order valence-electron chi connectivity index (χ0n) is 17.3. The molecule has 154 valence electrons. The van der Waals surface area contributed by atoms with Crippen molar-refractivity contribution >= 4 is 23.3 Å². The first-order valence-electron chi connectivity index (χ1n) is 10.1. The summed E-state index contributed by atoms with van der Waals surface area (Å²) in [5.41, 5.74) is 3.96. The third-order valence-electron chi connectivity index (χ3n) is 4.87. The fourth-order valence-corrected chi connectivity index (χ4v) is 3.10. The minimum Gasteiger partial charge on any atom is -0.335 e. The first-order valence-corrected chi connectivity index (χ1v) is 10.1. The quantitative estimate of drug-likeness (QED) is 0.497. The van der Waals surface area contributed by atoms with E-state index in [1.54, 1.807) is 12.1 Å². The number of carbonyl (C=O) groups excluding carboxylic acids is 2. The minimum absolute atomic E-state index is 0.0232. The summed E-state index contributed by atoms with van der Waals surface area (Å²) in [5.74, 6) is -0.221. The van der Waals surface area contributed by atoms with Crippen LogP contribution in [-0.4, -0.2) is 18.0 Å². The maximum absolute atomic E-state index is 12.5. The average molecular weight is 402 g/mol. The molecular weight excluding hydrogens is 374 g/mol. The number of anilines is 2. The second-order valence-electron chi connectivity index (χ2n) is 7.37. The highest BCUT2D eigenvalue weighted by Gasteiger charge is 2.12. The normalized spacial score (nSPS) is 11.4. The van der Waals surface area contributed by atoms with Crippen molar-refractivity contribution in [3.05, 3.63) is 95.6 Å². The van der Waals surface area contributed by atoms with Crippen molar-refractivity contribution in [1.82, 2.24) is 5.32 Å². The van der Waals surface area contributed by atoms with Crippen molar-refractivity contribution in [3.63, 3.8) is 0 Å². The molecule has 0 saturated carbocycles. The molecule has 3 amide bonds. The number of amides is 3. The molecule has 0 aromatic heterocycles. The number of urea groups is 1. The van der Waals surface area contributed by atoms with Crippen LogP contribution in [0.1, 0.15) is 34.8 Å². The van der Waals surface area contributed by atoms with Gasteiger partial charge in [0.1, 0.15) is 0 Å². The summed E-state index contributed by atoms with van der Waals surface area (Å²) in [6, 6.07) is 24.5. The van der Waals surface area contributed by atoms with Crippen LogP contribution in [0.25, 0.3) is 0 Å². The third kappa shape index (κ3) is 6.21. The van der Waals surface area contributed by atoms with Crippen molar-refractivity contribution in [3.8, 4) is 0 Å². The zero-order valence-corrected chi connectivity index (χ0v) is 17.3. The van der Waals surface area contributed by atoms with E-state index in [9.17, 15) is 9.59 Å². The molecule has 5 heteroatoms. The van der Waals surface area contributed by atoms with Crippen LogP contribution >= 0.6 is 0 Å². The molecule has 5 nitrogen and oxygen atoms in total. The molecule has 0 spiro atoms. The van der Waals surface area contributed by atoms with Gasteiger partial charge in [0.15, 0.2) is 0 Å². The van der Waals surface area contributed by atoms with Crippen LogP contribution < -0.4 is 16.0 Å². The maximum Gasteiger partial charge on any atom is 0.319 e. The lowest BCUT2D eigenvalue weighted by molar-refractivity contribution is 0.102. The van der Waals surface area contributed by atoms with E-state index < -0.39 is 0 Å². The van der Waals surface area contributed by atoms with Crippen LogP contribution in [0.5, 0.6) is 0 Å². The molecule has 3 rings (SSSR count). The molecule has 3 aromatic carbocycles. The molecule has 0 radical (unpaired) electrons. The van der Waals surface area contributed by atoms with Gasteiger partial charge in [-0.15, -0.1) is 0 Å². The number of para-hydroxylation sites is 1. The van der Waals surface area contributed by atoms with Crippen molar-refractivity contribution in [1.29, 1.82) is 0 Å². The molecule has 30 heavy (non-hydrogen) atoms. The number of hydrogen-bond donors (Lipinski definition) is 3. The topological polar surface area (TPSA) is 70.2 Å². The van der Waals surface area contributed by atoms with Crippen LogP contribution in [0.15, 0.2) is 78.9 Å². The minimum atomic E-state index is -0.278. The first kappa shape index (κ1) is 21.1. The van der Waals surface area contributed by atoms with Gasteiger partial charge in [-0.05, 0) is 62.1 Å². The van der Waals surface area contributed by atoms with Gasteiger partial charge in [-0.2, -0.15) is 0 Å². The molecule has 1 unspecified atom stereocenters. The largest absolute Gasteiger partial charge is 0.335 e. The van der Waals surface area contributed by atoms with Gasteiger partial charge in [0.25, 0.3) is 5.91 Å². The van der Waals surface area contributed by atoms with Gasteiger partial charge >= 0.3 is 6.03 Å². The molecule has 0 aliphatic heterocycles. The third-order valence-corrected chi connectivity index (χ3v) is 4.87. The van der Waals surface area contributed by atoms with Crippen LogP contribution in [0.3, 0.4) is 0 Å². The van der Waals surface area contributed by atoms with Gasteiger partial charge in [-0.1, -0.05) is 54.6 Å². The molecule has 0 heterocycles. The lowest BCUT2D eigenvalue weighted by Gasteiger charge is -2.16. The molecule has 0 fully saturated rings. The molecule has 1 atom stereocenters. The average Bonchev–Trinajstić information content (AvgIpc) is 2.75. The van der Waals surface area contributed by atoms with E-state index in [1.165, 1.54) is 5.56 Å². The Labute approximate surface area is 177 Å². The Balaban J connectivity index is 1.56. The standard InChI is InChI=1S/C25H27N3O2/c1-18-13-16-21(24(29)27-22-11-7-4-8-12-22)17-23(18)28-25(30)26-19(2)14-15-20-9-5-3-6-10-20/h3-13,16-17,19H,14-15H2,1-2H3,(H,27,29)(H2,26,28,30). The van der Waals surface area contributed by atoms with Crippen LogP contribution in [0.2, 0.25) is 0 Å². The second kappa shape index (κ2) is 10.3. The van der Waals surface area contributed by atoms with Crippen LogP contribution in [0, 0.1) is 6.92 Å². The van der Waals surface area contributed by atoms with Crippen molar-refractivity contribution < 1.29 is 9.59 Å². The smallest absolute Gasteiger partial charge is 0.319 e. The lowest BCUT2D eigenvalue weighted by atomic mass is 10.1. The summed E-state index contributed by atoms with van der Waals surface area (Å²) in [6.07, 6.45) is 1.74. The van der Waals surface area contributed by atoms with Gasteiger partial charge in [0.2, 0.25) is 0 Å². The Morgan fingerprint density at radius 2 is 1.53 bits per heavy atom. The number of carbonyl (C=O) groups is 2. The molecule has 3 N–H and O–H groups in total. The molecule has 0 aliphatic rings. The fourth-order valence-electron chi connectivity index (χ4n) is 3.10. The summed E-state index contributed by atoms with van der Waals surface area (Å²) >= 11 is 0. The lowest BCUT2D eigenvalue weighted by Crippen LogP contribution is -2.36. The van der Waals surface area contributed by atoms with Crippen molar-refractivity contribution in [2.45, 2.75) is 32.7 Å². The Morgan fingerprint density at radius 1 is 0.867 bits per heavy atom. The number of nitrogens with one attached hydrogen (secondary N) is 3. The van der Waals surface area contributed by atoms with E-state index in [0.717, 1.165) is 24.1 Å². The van der Waals surface area contributed by atoms with Gasteiger partial charge in [-0.3, -0.25) is 4.79 Å². The number of hydrogen-bond acceptors (Lipinski definition) is 2. The fraction of sp³-hybridized carbons (Fsp3) is 0.200.